The molecule has 1 aliphatic heterocycles. The highest BCUT2D eigenvalue weighted by Gasteiger charge is 2.20. The second-order valence-corrected chi connectivity index (χ2v) is 7.14. The zero-order chi connectivity index (χ0) is 15.2. The van der Waals surface area contributed by atoms with Crippen molar-refractivity contribution in [2.45, 2.75) is 38.6 Å². The molecule has 0 radical (unpaired) electrons. The highest BCUT2D eigenvalue weighted by molar-refractivity contribution is 14.1. The maximum atomic E-state index is 12.3. The first-order chi connectivity index (χ1) is 10.1. The highest BCUT2D eigenvalue weighted by Crippen LogP contribution is 2.20. The van der Waals surface area contributed by atoms with E-state index in [2.05, 4.69) is 39.7 Å². The molecule has 0 aliphatic carbocycles. The Labute approximate surface area is 145 Å². The van der Waals surface area contributed by atoms with E-state index < -0.39 is 0 Å². The van der Waals surface area contributed by atoms with Gasteiger partial charge in [0.15, 0.2) is 0 Å². The van der Waals surface area contributed by atoms with Crippen molar-refractivity contribution in [2.24, 2.45) is 0 Å². The van der Waals surface area contributed by atoms with Crippen LogP contribution in [0.1, 0.15) is 43.0 Å². The molecular formula is C16H22ClIN2O. The van der Waals surface area contributed by atoms with Gasteiger partial charge in [0.25, 0.3) is 5.91 Å². The van der Waals surface area contributed by atoms with Gasteiger partial charge in [0, 0.05) is 28.3 Å². The largest absolute Gasteiger partial charge is 0.349 e. The van der Waals surface area contributed by atoms with E-state index >= 15 is 0 Å². The lowest BCUT2D eigenvalue weighted by Crippen LogP contribution is -2.44. The van der Waals surface area contributed by atoms with Crippen molar-refractivity contribution >= 4 is 40.1 Å². The molecule has 1 aliphatic rings. The summed E-state index contributed by atoms with van der Waals surface area (Å²) in [5.41, 5.74) is 0.692. The Kier molecular flexibility index (Phi) is 6.76. The number of likely N-dealkylation sites (tertiary alicyclic amines) is 1. The van der Waals surface area contributed by atoms with E-state index in [9.17, 15) is 4.79 Å². The summed E-state index contributed by atoms with van der Waals surface area (Å²) >= 11 is 8.14. The molecule has 1 aromatic rings. The van der Waals surface area contributed by atoms with Gasteiger partial charge in [0.1, 0.15) is 0 Å². The summed E-state index contributed by atoms with van der Waals surface area (Å²) < 4.78 is 0.913. The van der Waals surface area contributed by atoms with Crippen LogP contribution < -0.4 is 5.32 Å². The number of hydrogen-bond donors (Lipinski definition) is 1. The second-order valence-electron chi connectivity index (χ2n) is 5.57. The number of benzene rings is 1. The monoisotopic (exact) mass is 420 g/mol. The number of hydrogen-bond acceptors (Lipinski definition) is 2. The molecule has 0 aromatic heterocycles. The third-order valence-corrected chi connectivity index (χ3v) is 5.47. The molecule has 2 rings (SSSR count). The number of carbonyl (C=O) groups is 1. The minimum atomic E-state index is 0.0107. The normalized spacial score (nSPS) is 16.9. The molecule has 0 atom stereocenters. The molecule has 5 heteroatoms. The Morgan fingerprint density at radius 1 is 1.43 bits per heavy atom. The average Bonchev–Trinajstić information content (AvgIpc) is 2.49. The Balaban J connectivity index is 1.82. The zero-order valence-corrected chi connectivity index (χ0v) is 15.3. The van der Waals surface area contributed by atoms with Gasteiger partial charge in [-0.2, -0.15) is 0 Å². The third kappa shape index (κ3) is 5.11. The van der Waals surface area contributed by atoms with Gasteiger partial charge in [-0.3, -0.25) is 4.79 Å². The summed E-state index contributed by atoms with van der Waals surface area (Å²) in [6.45, 7) is 5.58. The summed E-state index contributed by atoms with van der Waals surface area (Å²) in [5, 5.41) is 3.84. The van der Waals surface area contributed by atoms with Crippen molar-refractivity contribution < 1.29 is 4.79 Å². The van der Waals surface area contributed by atoms with Crippen molar-refractivity contribution in [2.75, 3.05) is 19.6 Å². The summed E-state index contributed by atoms with van der Waals surface area (Å²) in [6.07, 6.45) is 4.59. The summed E-state index contributed by atoms with van der Waals surface area (Å²) in [4.78, 5) is 14.8. The average molecular weight is 421 g/mol. The molecule has 0 spiro atoms. The van der Waals surface area contributed by atoms with E-state index in [0.717, 1.165) is 29.5 Å². The van der Waals surface area contributed by atoms with Crippen molar-refractivity contribution in [3.63, 3.8) is 0 Å². The SMILES string of the molecule is CCCCN1CCC(NC(=O)c2ccc(Cl)c(I)c2)CC1. The van der Waals surface area contributed by atoms with Crippen LogP contribution in [0.2, 0.25) is 5.02 Å². The topological polar surface area (TPSA) is 32.3 Å². The number of unbranched alkanes of at least 4 members (excludes halogenated alkanes) is 1. The van der Waals surface area contributed by atoms with Gasteiger partial charge in [-0.05, 0) is 66.6 Å². The number of amides is 1. The van der Waals surface area contributed by atoms with Crippen LogP contribution in [0.25, 0.3) is 0 Å². The van der Waals surface area contributed by atoms with Crippen LogP contribution >= 0.6 is 34.2 Å². The van der Waals surface area contributed by atoms with E-state index in [0.29, 0.717) is 16.6 Å². The first kappa shape index (κ1) is 17.0. The molecular weight excluding hydrogens is 399 g/mol. The molecule has 1 amide bonds. The number of nitrogens with zero attached hydrogens (tertiary/aromatic N) is 1. The van der Waals surface area contributed by atoms with Crippen molar-refractivity contribution in [1.82, 2.24) is 10.2 Å². The van der Waals surface area contributed by atoms with Gasteiger partial charge < -0.3 is 10.2 Å². The predicted octanol–water partition coefficient (Wildman–Crippen LogP) is 3.94. The molecule has 0 bridgehead atoms. The van der Waals surface area contributed by atoms with Gasteiger partial charge in [-0.1, -0.05) is 24.9 Å². The molecule has 21 heavy (non-hydrogen) atoms. The first-order valence-corrected chi connectivity index (χ1v) is 9.04. The van der Waals surface area contributed by atoms with E-state index in [1.165, 1.54) is 19.4 Å². The zero-order valence-electron chi connectivity index (χ0n) is 12.4. The summed E-state index contributed by atoms with van der Waals surface area (Å²) in [5.74, 6) is 0.0107. The standard InChI is InChI=1S/C16H22ClIN2O/c1-2-3-8-20-9-6-13(7-10-20)19-16(21)12-4-5-14(17)15(18)11-12/h4-5,11,13H,2-3,6-10H2,1H3,(H,19,21). The van der Waals surface area contributed by atoms with Crippen molar-refractivity contribution in [3.05, 3.63) is 32.4 Å². The molecule has 1 fully saturated rings. The highest BCUT2D eigenvalue weighted by atomic mass is 127. The number of rotatable bonds is 5. The van der Waals surface area contributed by atoms with Crippen LogP contribution in [-0.4, -0.2) is 36.5 Å². The smallest absolute Gasteiger partial charge is 0.251 e. The molecule has 0 saturated carbocycles. The van der Waals surface area contributed by atoms with Crippen molar-refractivity contribution in [1.29, 1.82) is 0 Å². The lowest BCUT2D eigenvalue weighted by Gasteiger charge is -2.32. The molecule has 1 saturated heterocycles. The molecule has 0 unspecified atom stereocenters. The summed E-state index contributed by atoms with van der Waals surface area (Å²) in [7, 11) is 0. The van der Waals surface area contributed by atoms with Gasteiger partial charge in [-0.25, -0.2) is 0 Å². The summed E-state index contributed by atoms with van der Waals surface area (Å²) in [6, 6.07) is 5.71. The molecule has 1 heterocycles. The fourth-order valence-electron chi connectivity index (χ4n) is 2.59. The van der Waals surface area contributed by atoms with Crippen LogP contribution in [0.5, 0.6) is 0 Å². The van der Waals surface area contributed by atoms with Crippen LogP contribution in [-0.2, 0) is 0 Å². The molecule has 1 aromatic carbocycles. The molecule has 116 valence electrons. The fourth-order valence-corrected chi connectivity index (χ4v) is 3.22. The second kappa shape index (κ2) is 8.34. The first-order valence-electron chi connectivity index (χ1n) is 7.58. The number of carbonyl (C=O) groups excluding carboxylic acids is 1. The number of piperidine rings is 1. The minimum absolute atomic E-state index is 0.0107. The van der Waals surface area contributed by atoms with E-state index in [1.54, 1.807) is 12.1 Å². The van der Waals surface area contributed by atoms with Gasteiger partial charge >= 0.3 is 0 Å². The Hall–Kier alpha value is -0.330. The Bertz CT molecular complexity index is 487. The van der Waals surface area contributed by atoms with Crippen LogP contribution in [0.3, 0.4) is 0 Å². The number of nitrogens with one attached hydrogen (secondary N) is 1. The van der Waals surface area contributed by atoms with Gasteiger partial charge in [0.2, 0.25) is 0 Å². The Morgan fingerprint density at radius 3 is 2.76 bits per heavy atom. The molecule has 3 nitrogen and oxygen atoms in total. The van der Waals surface area contributed by atoms with Crippen LogP contribution in [0.15, 0.2) is 18.2 Å². The van der Waals surface area contributed by atoms with Gasteiger partial charge in [0.05, 0.1) is 5.02 Å². The van der Waals surface area contributed by atoms with E-state index in [4.69, 9.17) is 11.6 Å². The van der Waals surface area contributed by atoms with Crippen LogP contribution in [0.4, 0.5) is 0 Å². The van der Waals surface area contributed by atoms with Crippen LogP contribution in [0, 0.1) is 3.57 Å². The van der Waals surface area contributed by atoms with Gasteiger partial charge in [-0.15, -0.1) is 0 Å². The fraction of sp³-hybridized carbons (Fsp3) is 0.562. The maximum Gasteiger partial charge on any atom is 0.251 e. The number of halogens is 2. The third-order valence-electron chi connectivity index (χ3n) is 3.93. The Morgan fingerprint density at radius 2 is 2.14 bits per heavy atom. The maximum absolute atomic E-state index is 12.3. The lowest BCUT2D eigenvalue weighted by molar-refractivity contribution is 0.0910. The minimum Gasteiger partial charge on any atom is -0.349 e. The molecule has 1 N–H and O–H groups in total. The van der Waals surface area contributed by atoms with E-state index in [1.807, 2.05) is 6.07 Å². The van der Waals surface area contributed by atoms with E-state index in [-0.39, 0.29) is 5.91 Å². The van der Waals surface area contributed by atoms with Crippen molar-refractivity contribution in [3.8, 4) is 0 Å². The predicted molar refractivity (Wildman–Crippen MR) is 96.0 cm³/mol. The lowest BCUT2D eigenvalue weighted by atomic mass is 10.0. The quantitative estimate of drug-likeness (QED) is 0.732.